The van der Waals surface area contributed by atoms with Crippen molar-refractivity contribution in [1.29, 1.82) is 0 Å². The Morgan fingerprint density at radius 2 is 1.67 bits per heavy atom. The molecule has 0 bridgehead atoms. The summed E-state index contributed by atoms with van der Waals surface area (Å²) in [6.07, 6.45) is 3.74. The van der Waals surface area contributed by atoms with Gasteiger partial charge in [0.2, 0.25) is 0 Å². The maximum atomic E-state index is 12.8. The molecule has 2 N–H and O–H groups in total. The van der Waals surface area contributed by atoms with Crippen molar-refractivity contribution >= 4 is 34.9 Å². The van der Waals surface area contributed by atoms with Gasteiger partial charge in [0, 0.05) is 37.6 Å². The van der Waals surface area contributed by atoms with E-state index in [1.54, 1.807) is 26.4 Å². The Balaban J connectivity index is 1.65. The number of likely N-dealkylation sites (N-methyl/N-ethyl adjacent to an activating group) is 1. The van der Waals surface area contributed by atoms with E-state index < -0.39 is 0 Å². The van der Waals surface area contributed by atoms with E-state index in [-0.39, 0.29) is 6.03 Å². The van der Waals surface area contributed by atoms with Gasteiger partial charge in [-0.05, 0) is 24.8 Å². The normalized spacial score (nSPS) is 15.0. The summed E-state index contributed by atoms with van der Waals surface area (Å²) in [7, 11) is 5.20. The van der Waals surface area contributed by atoms with Crippen LogP contribution < -0.4 is 20.2 Å². The van der Waals surface area contributed by atoms with Crippen molar-refractivity contribution in [3.05, 3.63) is 53.9 Å². The van der Waals surface area contributed by atoms with Crippen LogP contribution in [0, 0.1) is 0 Å². The number of nitrogens with one attached hydrogen (secondary N) is 2. The summed E-state index contributed by atoms with van der Waals surface area (Å²) in [6, 6.07) is 13.1. The number of aromatic nitrogens is 2. The van der Waals surface area contributed by atoms with Gasteiger partial charge < -0.3 is 14.4 Å². The lowest BCUT2D eigenvalue weighted by Crippen LogP contribution is -2.53. The van der Waals surface area contributed by atoms with E-state index in [0.29, 0.717) is 34.0 Å². The number of hydrogen-bond donors (Lipinski definition) is 2. The number of ether oxygens (including phenoxy) is 2. The Kier molecular flexibility index (Phi) is 7.01. The predicted molar refractivity (Wildman–Crippen MR) is 129 cm³/mol. The molecule has 0 radical (unpaired) electrons. The second-order valence-electron chi connectivity index (χ2n) is 7.76. The second-order valence-corrected chi connectivity index (χ2v) is 7.76. The number of nitrogens with zero attached hydrogens (tertiary/aromatic N) is 4. The van der Waals surface area contributed by atoms with Crippen LogP contribution in [-0.4, -0.2) is 73.4 Å². The number of methoxy groups -OCH3 is 2. The quantitative estimate of drug-likeness (QED) is 0.599. The van der Waals surface area contributed by atoms with Crippen molar-refractivity contribution in [2.45, 2.75) is 0 Å². The van der Waals surface area contributed by atoms with Gasteiger partial charge in [-0.1, -0.05) is 36.4 Å². The number of piperazine rings is 1. The van der Waals surface area contributed by atoms with Gasteiger partial charge in [0.25, 0.3) is 0 Å². The first-order valence-electron chi connectivity index (χ1n) is 10.7. The molecule has 33 heavy (non-hydrogen) atoms. The Labute approximate surface area is 193 Å². The monoisotopic (exact) mass is 448 g/mol. The highest BCUT2D eigenvalue weighted by Gasteiger charge is 2.18. The van der Waals surface area contributed by atoms with Crippen molar-refractivity contribution in [3.63, 3.8) is 0 Å². The van der Waals surface area contributed by atoms with Gasteiger partial charge in [-0.25, -0.2) is 19.8 Å². The molecule has 1 saturated heterocycles. The van der Waals surface area contributed by atoms with Crippen molar-refractivity contribution < 1.29 is 14.3 Å². The number of urea groups is 1. The fourth-order valence-electron chi connectivity index (χ4n) is 3.58. The molecule has 4 rings (SSSR count). The molecule has 2 amide bonds. The van der Waals surface area contributed by atoms with Gasteiger partial charge in [0.05, 0.1) is 19.7 Å². The number of fused-ring (bicyclic) bond motifs is 1. The molecule has 9 nitrogen and oxygen atoms in total. The Morgan fingerprint density at radius 1 is 0.970 bits per heavy atom. The van der Waals surface area contributed by atoms with Crippen molar-refractivity contribution in [2.75, 3.05) is 52.8 Å². The number of benzene rings is 2. The molecule has 0 unspecified atom stereocenters. The standard InChI is InChI=1S/C24H28N6O3/c1-29-11-13-30(14-12-29)28-24(31)27-23-18-15-20(32-2)21(33-3)16-19(18)25-22(26-23)10-9-17-7-5-4-6-8-17/h4-10,15-16H,11-14H2,1-3H3,(H2,25,26,27,28,31)/b10-9+. The minimum absolute atomic E-state index is 0.354. The first-order chi connectivity index (χ1) is 16.1. The van der Waals surface area contributed by atoms with Gasteiger partial charge >= 0.3 is 6.03 Å². The molecule has 0 spiro atoms. The van der Waals surface area contributed by atoms with Gasteiger partial charge in [-0.15, -0.1) is 0 Å². The summed E-state index contributed by atoms with van der Waals surface area (Å²) in [5.41, 5.74) is 4.56. The Morgan fingerprint density at radius 3 is 2.36 bits per heavy atom. The number of amides is 2. The number of carbonyl (C=O) groups excluding carboxylic acids is 1. The molecule has 3 aromatic rings. The van der Waals surface area contributed by atoms with E-state index in [1.165, 1.54) is 0 Å². The summed E-state index contributed by atoms with van der Waals surface area (Å²) in [5, 5.41) is 5.44. The minimum Gasteiger partial charge on any atom is -0.493 e. The highest BCUT2D eigenvalue weighted by molar-refractivity contribution is 6.00. The van der Waals surface area contributed by atoms with Gasteiger partial charge in [-0.2, -0.15) is 0 Å². The van der Waals surface area contributed by atoms with E-state index in [1.807, 2.05) is 47.5 Å². The molecule has 9 heteroatoms. The van der Waals surface area contributed by atoms with Crippen LogP contribution in [0.5, 0.6) is 11.5 Å². The molecular weight excluding hydrogens is 420 g/mol. The van der Waals surface area contributed by atoms with Crippen LogP contribution in [0.1, 0.15) is 11.4 Å². The molecule has 2 aromatic carbocycles. The van der Waals surface area contributed by atoms with E-state index in [4.69, 9.17) is 9.47 Å². The zero-order chi connectivity index (χ0) is 23.2. The molecule has 1 fully saturated rings. The average molecular weight is 449 g/mol. The zero-order valence-electron chi connectivity index (χ0n) is 19.0. The van der Waals surface area contributed by atoms with Crippen LogP contribution in [0.15, 0.2) is 42.5 Å². The lowest BCUT2D eigenvalue weighted by atomic mass is 10.2. The molecule has 0 aliphatic carbocycles. The molecule has 0 atom stereocenters. The molecule has 0 saturated carbocycles. The van der Waals surface area contributed by atoms with Crippen LogP contribution in [-0.2, 0) is 0 Å². The summed E-state index contributed by atoms with van der Waals surface area (Å²) in [4.78, 5) is 24.2. The second kappa shape index (κ2) is 10.3. The fraction of sp³-hybridized carbons (Fsp3) is 0.292. The van der Waals surface area contributed by atoms with Crippen LogP contribution in [0.25, 0.3) is 23.1 Å². The number of rotatable bonds is 6. The van der Waals surface area contributed by atoms with Crippen LogP contribution >= 0.6 is 0 Å². The smallest absolute Gasteiger partial charge is 0.334 e. The minimum atomic E-state index is -0.354. The van der Waals surface area contributed by atoms with Gasteiger partial charge in [-0.3, -0.25) is 10.7 Å². The maximum absolute atomic E-state index is 12.8. The highest BCUT2D eigenvalue weighted by Crippen LogP contribution is 2.34. The summed E-state index contributed by atoms with van der Waals surface area (Å²) >= 11 is 0. The number of hydrogen-bond acceptors (Lipinski definition) is 7. The zero-order valence-corrected chi connectivity index (χ0v) is 19.0. The summed E-state index contributed by atoms with van der Waals surface area (Å²) in [6.45, 7) is 3.29. The average Bonchev–Trinajstić information content (AvgIpc) is 2.84. The lowest BCUT2D eigenvalue weighted by molar-refractivity contribution is 0.116. The third-order valence-corrected chi connectivity index (χ3v) is 5.44. The number of hydrazine groups is 1. The van der Waals surface area contributed by atoms with E-state index in [2.05, 4.69) is 32.7 Å². The van der Waals surface area contributed by atoms with Crippen molar-refractivity contribution in [1.82, 2.24) is 25.3 Å². The van der Waals surface area contributed by atoms with E-state index >= 15 is 0 Å². The van der Waals surface area contributed by atoms with Crippen molar-refractivity contribution in [2.24, 2.45) is 0 Å². The van der Waals surface area contributed by atoms with E-state index in [9.17, 15) is 4.79 Å². The van der Waals surface area contributed by atoms with Gasteiger partial charge in [0.15, 0.2) is 17.3 Å². The fourth-order valence-corrected chi connectivity index (χ4v) is 3.58. The molecule has 1 aliphatic heterocycles. The highest BCUT2D eigenvalue weighted by atomic mass is 16.5. The topological polar surface area (TPSA) is 91.9 Å². The Hall–Kier alpha value is -3.69. The Bertz CT molecular complexity index is 1140. The van der Waals surface area contributed by atoms with Crippen LogP contribution in [0.4, 0.5) is 10.6 Å². The maximum Gasteiger partial charge on any atom is 0.334 e. The first kappa shape index (κ1) is 22.5. The molecule has 1 aromatic heterocycles. The molecular formula is C24H28N6O3. The summed E-state index contributed by atoms with van der Waals surface area (Å²) in [5.74, 6) is 1.94. The third-order valence-electron chi connectivity index (χ3n) is 5.44. The first-order valence-corrected chi connectivity index (χ1v) is 10.7. The van der Waals surface area contributed by atoms with Crippen LogP contribution in [0.2, 0.25) is 0 Å². The third kappa shape index (κ3) is 5.57. The number of carbonyl (C=O) groups is 1. The largest absolute Gasteiger partial charge is 0.493 e. The van der Waals surface area contributed by atoms with E-state index in [0.717, 1.165) is 31.7 Å². The predicted octanol–water partition coefficient (Wildman–Crippen LogP) is 3.10. The van der Waals surface area contributed by atoms with Gasteiger partial charge in [0.1, 0.15) is 5.82 Å². The molecule has 2 heterocycles. The van der Waals surface area contributed by atoms with Crippen LogP contribution in [0.3, 0.4) is 0 Å². The van der Waals surface area contributed by atoms with Crippen molar-refractivity contribution in [3.8, 4) is 11.5 Å². The number of anilines is 1. The molecule has 172 valence electrons. The summed E-state index contributed by atoms with van der Waals surface area (Å²) < 4.78 is 10.9. The SMILES string of the molecule is COc1cc2nc(/C=C/c3ccccc3)nc(NC(=O)NN3CCN(C)CC3)c2cc1OC. The molecule has 1 aliphatic rings. The lowest BCUT2D eigenvalue weighted by Gasteiger charge is -2.32.